The first-order chi connectivity index (χ1) is 16.4. The summed E-state index contributed by atoms with van der Waals surface area (Å²) in [5, 5.41) is 3.59. The maximum Gasteiger partial charge on any atom is 0.573 e. The van der Waals surface area contributed by atoms with E-state index in [9.17, 15) is 13.2 Å². The lowest BCUT2D eigenvalue weighted by Crippen LogP contribution is -2.61. The second-order valence-electron chi connectivity index (χ2n) is 10.2. The van der Waals surface area contributed by atoms with Crippen molar-refractivity contribution in [1.29, 1.82) is 0 Å². The molecule has 10 heteroatoms. The van der Waals surface area contributed by atoms with Crippen LogP contribution in [-0.4, -0.2) is 43.0 Å². The summed E-state index contributed by atoms with van der Waals surface area (Å²) >= 11 is 3.22. The fourth-order valence-electron chi connectivity index (χ4n) is 5.69. The van der Waals surface area contributed by atoms with Gasteiger partial charge < -0.3 is 20.7 Å². The first kappa shape index (κ1) is 26.3. The summed E-state index contributed by atoms with van der Waals surface area (Å²) in [6.07, 6.45) is 3.35. The van der Waals surface area contributed by atoms with Crippen molar-refractivity contribution in [2.24, 2.45) is 28.3 Å². The summed E-state index contributed by atoms with van der Waals surface area (Å²) in [7, 11) is 4.02. The minimum atomic E-state index is -4.75. The third-order valence-electron chi connectivity index (χ3n) is 7.51. The van der Waals surface area contributed by atoms with Crippen LogP contribution in [0.2, 0.25) is 0 Å². The number of aliphatic imine (C=N–C) groups is 1. The van der Waals surface area contributed by atoms with Crippen molar-refractivity contribution in [2.45, 2.75) is 76.0 Å². The number of rotatable bonds is 5. The lowest BCUT2D eigenvalue weighted by molar-refractivity contribution is -0.274. The molecule has 6 nitrogen and oxygen atoms in total. The highest BCUT2D eigenvalue weighted by atomic mass is 79.9. The van der Waals surface area contributed by atoms with Crippen LogP contribution in [0, 0.1) is 11.8 Å². The molecule has 0 spiro atoms. The molecule has 0 aromatic heterocycles. The first-order valence-electron chi connectivity index (χ1n) is 12.3. The summed E-state index contributed by atoms with van der Waals surface area (Å²) in [4.78, 5) is 7.06. The molecule has 1 fully saturated rings. The summed E-state index contributed by atoms with van der Waals surface area (Å²) in [6.45, 7) is 0. The van der Waals surface area contributed by atoms with Gasteiger partial charge in [0.15, 0.2) is 5.79 Å². The number of allylic oxidation sites excluding steroid dienone is 1. The zero-order valence-corrected chi connectivity index (χ0v) is 21.9. The third-order valence-corrected chi connectivity index (χ3v) is 8.01. The molecular weight excluding hydrogens is 523 g/mol. The molecule has 1 heterocycles. The molecule has 0 amide bonds. The molecule has 2 unspecified atom stereocenters. The molecule has 0 saturated heterocycles. The summed E-state index contributed by atoms with van der Waals surface area (Å²) in [5.74, 6) is 0.290. The number of hydrogen-bond acceptors (Lipinski definition) is 6. The lowest BCUT2D eigenvalue weighted by Gasteiger charge is -2.45. The average Bonchev–Trinajstić information content (AvgIpc) is 2.79. The normalized spacial score (nSPS) is 28.1. The average molecular weight is 558 g/mol. The fraction of sp³-hybridized carbons (Fsp3) is 0.640. The molecule has 194 valence electrons. The van der Waals surface area contributed by atoms with Gasteiger partial charge in [0.05, 0.1) is 0 Å². The van der Waals surface area contributed by atoms with Gasteiger partial charge in [0, 0.05) is 41.8 Å². The Bertz CT molecular complexity index is 988. The van der Waals surface area contributed by atoms with Gasteiger partial charge in [-0.1, -0.05) is 22.0 Å². The van der Waals surface area contributed by atoms with E-state index in [4.69, 9.17) is 16.5 Å². The molecule has 0 radical (unpaired) electrons. The van der Waals surface area contributed by atoms with Gasteiger partial charge in [-0.2, -0.15) is 0 Å². The number of ether oxygens (including phenoxy) is 1. The van der Waals surface area contributed by atoms with Crippen LogP contribution in [0.3, 0.4) is 0 Å². The van der Waals surface area contributed by atoms with Gasteiger partial charge in [-0.05, 0) is 81.4 Å². The second-order valence-corrected chi connectivity index (χ2v) is 11.1. The van der Waals surface area contributed by atoms with Gasteiger partial charge in [0.25, 0.3) is 0 Å². The Labute approximate surface area is 213 Å². The Morgan fingerprint density at radius 1 is 1.20 bits per heavy atom. The zero-order chi connectivity index (χ0) is 25.4. The predicted molar refractivity (Wildman–Crippen MR) is 135 cm³/mol. The van der Waals surface area contributed by atoms with Crippen LogP contribution in [0.15, 0.2) is 38.9 Å². The number of nitrogens with zero attached hydrogens (tertiary/aromatic N) is 2. The van der Waals surface area contributed by atoms with Crippen molar-refractivity contribution in [3.05, 3.63) is 39.5 Å². The summed E-state index contributed by atoms with van der Waals surface area (Å²) in [6, 6.07) is 4.43. The smallest absolute Gasteiger partial charge is 0.405 e. The van der Waals surface area contributed by atoms with E-state index in [0.29, 0.717) is 16.5 Å². The van der Waals surface area contributed by atoms with Crippen LogP contribution >= 0.6 is 15.9 Å². The molecule has 2 atom stereocenters. The Kier molecular flexibility index (Phi) is 7.74. The standard InChI is InChI=1S/C25H35BrF3N5O/c1-34(2)23-19-5-3-4-6-21(19)32-24(31,33-23)17-10-7-15(8-11-17)20(30)13-16-9-12-18(26)14-22(16)35-25(27,28)29/h9,12,14-15,17,20,32H,3-8,10-11,13,30-31H2,1-2H3. The number of hydrogen-bond donors (Lipinski definition) is 3. The van der Waals surface area contributed by atoms with Crippen molar-refractivity contribution in [3.63, 3.8) is 0 Å². The van der Waals surface area contributed by atoms with Crippen LogP contribution in [0.4, 0.5) is 13.2 Å². The van der Waals surface area contributed by atoms with Crippen LogP contribution in [0.1, 0.15) is 56.9 Å². The van der Waals surface area contributed by atoms with E-state index in [1.165, 1.54) is 23.8 Å². The highest BCUT2D eigenvalue weighted by Gasteiger charge is 2.43. The predicted octanol–water partition coefficient (Wildman–Crippen LogP) is 5.03. The van der Waals surface area contributed by atoms with E-state index in [1.807, 2.05) is 14.1 Å². The summed E-state index contributed by atoms with van der Waals surface area (Å²) in [5.41, 5.74) is 16.4. The topological polar surface area (TPSA) is 88.9 Å². The van der Waals surface area contributed by atoms with Crippen molar-refractivity contribution in [3.8, 4) is 5.75 Å². The van der Waals surface area contributed by atoms with Crippen LogP contribution in [-0.2, 0) is 6.42 Å². The molecule has 0 bridgehead atoms. The molecule has 35 heavy (non-hydrogen) atoms. The maximum absolute atomic E-state index is 12.9. The Hall–Kier alpha value is -1.78. The molecule has 1 saturated carbocycles. The third kappa shape index (κ3) is 6.14. The number of nitrogens with two attached hydrogens (primary N) is 2. The quantitative estimate of drug-likeness (QED) is 0.472. The van der Waals surface area contributed by atoms with Gasteiger partial charge in [-0.15, -0.1) is 13.2 Å². The SMILES string of the molecule is CN(C)C1=NC(N)(C2CCC(C(N)Cc3ccc(Br)cc3OC(F)(F)F)CC2)NC2=C1CCCC2. The first-order valence-corrected chi connectivity index (χ1v) is 13.1. The molecule has 1 aliphatic heterocycles. The van der Waals surface area contributed by atoms with Crippen molar-refractivity contribution in [1.82, 2.24) is 10.2 Å². The van der Waals surface area contributed by atoms with E-state index in [-0.39, 0.29) is 23.6 Å². The van der Waals surface area contributed by atoms with E-state index in [1.54, 1.807) is 12.1 Å². The number of benzene rings is 1. The Balaban J connectivity index is 1.42. The van der Waals surface area contributed by atoms with Crippen LogP contribution < -0.4 is 21.5 Å². The minimum Gasteiger partial charge on any atom is -0.405 e. The van der Waals surface area contributed by atoms with Gasteiger partial charge in [0.1, 0.15) is 11.6 Å². The van der Waals surface area contributed by atoms with E-state index in [0.717, 1.165) is 50.8 Å². The Morgan fingerprint density at radius 3 is 2.54 bits per heavy atom. The maximum atomic E-state index is 12.9. The largest absolute Gasteiger partial charge is 0.573 e. The number of likely N-dealkylation sites (N-methyl/N-ethyl adjacent to an activating group) is 1. The van der Waals surface area contributed by atoms with Gasteiger partial charge >= 0.3 is 6.36 Å². The number of alkyl halides is 3. The monoisotopic (exact) mass is 557 g/mol. The second kappa shape index (κ2) is 10.3. The lowest BCUT2D eigenvalue weighted by atomic mass is 9.74. The van der Waals surface area contributed by atoms with Crippen molar-refractivity contribution in [2.75, 3.05) is 14.1 Å². The zero-order valence-electron chi connectivity index (χ0n) is 20.3. The van der Waals surface area contributed by atoms with Crippen molar-refractivity contribution < 1.29 is 17.9 Å². The highest BCUT2D eigenvalue weighted by Crippen LogP contribution is 2.40. The molecule has 1 aromatic rings. The molecular formula is C25H35BrF3N5O. The fourth-order valence-corrected chi connectivity index (χ4v) is 6.03. The van der Waals surface area contributed by atoms with Gasteiger partial charge in [-0.25, -0.2) is 4.99 Å². The molecule has 2 aliphatic carbocycles. The highest BCUT2D eigenvalue weighted by molar-refractivity contribution is 9.10. The number of halogens is 4. The van der Waals surface area contributed by atoms with Gasteiger partial charge in [-0.3, -0.25) is 5.73 Å². The van der Waals surface area contributed by atoms with Gasteiger partial charge in [0.2, 0.25) is 0 Å². The number of nitrogens with one attached hydrogen (secondary N) is 1. The van der Waals surface area contributed by atoms with E-state index < -0.39 is 12.1 Å². The van der Waals surface area contributed by atoms with Crippen LogP contribution in [0.25, 0.3) is 0 Å². The summed E-state index contributed by atoms with van der Waals surface area (Å²) < 4.78 is 43.4. The Morgan fingerprint density at radius 2 is 1.89 bits per heavy atom. The van der Waals surface area contributed by atoms with Crippen molar-refractivity contribution >= 4 is 21.8 Å². The van der Waals surface area contributed by atoms with E-state index >= 15 is 0 Å². The molecule has 3 aliphatic rings. The molecule has 4 rings (SSSR count). The molecule has 1 aromatic carbocycles. The molecule has 5 N–H and O–H groups in total. The van der Waals surface area contributed by atoms with E-state index in [2.05, 4.69) is 30.9 Å². The number of amidine groups is 1. The van der Waals surface area contributed by atoms with Crippen LogP contribution in [0.5, 0.6) is 5.75 Å². The minimum absolute atomic E-state index is 0.161.